The number of hydrogen-bond donors (Lipinski definition) is 1. The smallest absolute Gasteiger partial charge is 0.333 e. The van der Waals surface area contributed by atoms with Crippen LogP contribution in [-0.2, 0) is 47.7 Å². The lowest BCUT2D eigenvalue weighted by Crippen LogP contribution is -2.43. The predicted molar refractivity (Wildman–Crippen MR) is 146 cm³/mol. The topological polar surface area (TPSA) is 155 Å². The summed E-state index contributed by atoms with van der Waals surface area (Å²) in [6.45, 7) is 13.9. The van der Waals surface area contributed by atoms with Crippen molar-refractivity contribution in [2.24, 2.45) is 29.1 Å². The van der Waals surface area contributed by atoms with Crippen LogP contribution in [0.5, 0.6) is 0 Å². The number of esters is 4. The molecule has 0 bridgehead atoms. The Hall–Kier alpha value is -3.05. The van der Waals surface area contributed by atoms with Crippen LogP contribution in [0, 0.1) is 29.1 Å². The van der Waals surface area contributed by atoms with Crippen LogP contribution in [0.25, 0.3) is 0 Å². The van der Waals surface area contributed by atoms with Crippen molar-refractivity contribution in [1.29, 1.82) is 0 Å². The van der Waals surface area contributed by atoms with Crippen LogP contribution < -0.4 is 0 Å². The van der Waals surface area contributed by atoms with Gasteiger partial charge in [0.2, 0.25) is 0 Å². The number of carbonyl (C=O) groups is 5. The number of aliphatic hydroxyl groups is 1. The van der Waals surface area contributed by atoms with E-state index in [-0.39, 0.29) is 24.7 Å². The summed E-state index contributed by atoms with van der Waals surface area (Å²) in [7, 11) is 0. The number of carbonyl (C=O) groups excluding carboxylic acids is 5. The van der Waals surface area contributed by atoms with Crippen LogP contribution in [-0.4, -0.2) is 77.0 Å². The van der Waals surface area contributed by atoms with Gasteiger partial charge in [0.05, 0.1) is 12.5 Å². The van der Waals surface area contributed by atoms with Gasteiger partial charge in [0.15, 0.2) is 17.0 Å². The first-order valence-corrected chi connectivity index (χ1v) is 14.4. The van der Waals surface area contributed by atoms with Crippen LogP contribution in [0.4, 0.5) is 0 Å². The number of Topliss-reactive ketones (excluding diaryl/α,β-unsaturated/α-hetero) is 1. The molecule has 232 valence electrons. The summed E-state index contributed by atoms with van der Waals surface area (Å²) in [5, 5.41) is 11.8. The Morgan fingerprint density at radius 2 is 1.60 bits per heavy atom. The quantitative estimate of drug-likeness (QED) is 0.160. The summed E-state index contributed by atoms with van der Waals surface area (Å²) >= 11 is 0. The number of ether oxygens (including phenoxy) is 5. The molecular weight excluding hydrogens is 548 g/mol. The Morgan fingerprint density at radius 1 is 1.00 bits per heavy atom. The molecule has 0 aromatic heterocycles. The van der Waals surface area contributed by atoms with E-state index in [2.05, 4.69) is 0 Å². The molecule has 3 aliphatic carbocycles. The van der Waals surface area contributed by atoms with E-state index in [1.807, 2.05) is 6.92 Å². The molecule has 11 unspecified atom stereocenters. The van der Waals surface area contributed by atoms with Gasteiger partial charge in [0.1, 0.15) is 24.4 Å². The van der Waals surface area contributed by atoms with Crippen LogP contribution >= 0.6 is 0 Å². The number of allylic oxidation sites excluding steroid dienone is 1. The summed E-state index contributed by atoms with van der Waals surface area (Å²) in [6.07, 6.45) is -0.915. The normalized spacial score (nSPS) is 42.5. The van der Waals surface area contributed by atoms with Gasteiger partial charge in [-0.25, -0.2) is 4.79 Å². The highest BCUT2D eigenvalue weighted by atomic mass is 16.7. The van der Waals surface area contributed by atoms with E-state index in [1.54, 1.807) is 46.8 Å². The molecule has 0 aromatic rings. The largest absolute Gasteiger partial charge is 0.465 e. The molecule has 0 radical (unpaired) electrons. The highest BCUT2D eigenvalue weighted by Crippen LogP contribution is 2.69. The molecule has 4 rings (SSSR count). The van der Waals surface area contributed by atoms with Gasteiger partial charge < -0.3 is 28.8 Å². The zero-order valence-electron chi connectivity index (χ0n) is 25.7. The highest BCUT2D eigenvalue weighted by Gasteiger charge is 2.84. The Balaban J connectivity index is 1.91. The van der Waals surface area contributed by atoms with Gasteiger partial charge in [-0.3, -0.25) is 19.2 Å². The molecule has 11 heteroatoms. The molecule has 1 aliphatic heterocycles. The van der Waals surface area contributed by atoms with E-state index < -0.39 is 82.7 Å². The van der Waals surface area contributed by atoms with E-state index in [0.29, 0.717) is 11.1 Å². The summed E-state index contributed by atoms with van der Waals surface area (Å²) in [5.41, 5.74) is -2.97. The van der Waals surface area contributed by atoms with Crippen molar-refractivity contribution in [2.45, 2.75) is 104 Å². The monoisotopic (exact) mass is 590 g/mol. The van der Waals surface area contributed by atoms with Crippen molar-refractivity contribution in [2.75, 3.05) is 6.61 Å². The minimum absolute atomic E-state index is 0.111. The van der Waals surface area contributed by atoms with Crippen molar-refractivity contribution < 1.29 is 52.8 Å². The van der Waals surface area contributed by atoms with Gasteiger partial charge in [-0.1, -0.05) is 26.8 Å². The average Bonchev–Trinajstić information content (AvgIpc) is 3.72. The Kier molecular flexibility index (Phi) is 8.27. The summed E-state index contributed by atoms with van der Waals surface area (Å²) < 4.78 is 29.1. The molecule has 11 nitrogen and oxygen atoms in total. The molecule has 42 heavy (non-hydrogen) atoms. The third-order valence-corrected chi connectivity index (χ3v) is 9.69. The zero-order chi connectivity index (χ0) is 31.5. The zero-order valence-corrected chi connectivity index (χ0v) is 25.7. The number of hydrogen-bond acceptors (Lipinski definition) is 11. The van der Waals surface area contributed by atoms with Crippen molar-refractivity contribution in [3.8, 4) is 0 Å². The fourth-order valence-corrected chi connectivity index (χ4v) is 7.48. The van der Waals surface area contributed by atoms with E-state index in [9.17, 15) is 29.1 Å². The van der Waals surface area contributed by atoms with Gasteiger partial charge in [0, 0.05) is 43.6 Å². The standard InChI is InChI=1S/C31H42O11/c1-10-14(2)28(37)41-25-22-21(29(22,9)13-38-18(6)32)24(39-19(7)33)17(5)26(36)30-12-16(4)27(40-20(8)34)31(30,42-30)11-15(3)23(25)35/h10-11,16-17,21-25,27,35H,12-13H2,1-9H3. The van der Waals surface area contributed by atoms with Crippen molar-refractivity contribution in [1.82, 2.24) is 0 Å². The predicted octanol–water partition coefficient (Wildman–Crippen LogP) is 2.62. The molecule has 3 fully saturated rings. The van der Waals surface area contributed by atoms with Gasteiger partial charge in [-0.2, -0.15) is 0 Å². The average molecular weight is 591 g/mol. The van der Waals surface area contributed by atoms with Crippen LogP contribution in [0.15, 0.2) is 23.3 Å². The number of rotatable bonds is 6. The molecule has 1 N–H and O–H groups in total. The Labute approximate surface area is 245 Å². The first kappa shape index (κ1) is 31.9. The molecule has 2 saturated carbocycles. The molecule has 4 aliphatic rings. The Bertz CT molecular complexity index is 1250. The van der Waals surface area contributed by atoms with E-state index >= 15 is 0 Å². The van der Waals surface area contributed by atoms with Crippen molar-refractivity contribution in [3.05, 3.63) is 23.3 Å². The minimum atomic E-state index is -1.38. The third-order valence-electron chi connectivity index (χ3n) is 9.69. The van der Waals surface area contributed by atoms with Gasteiger partial charge >= 0.3 is 23.9 Å². The maximum Gasteiger partial charge on any atom is 0.333 e. The van der Waals surface area contributed by atoms with Crippen molar-refractivity contribution in [3.63, 3.8) is 0 Å². The second kappa shape index (κ2) is 10.9. The van der Waals surface area contributed by atoms with Gasteiger partial charge in [-0.05, 0) is 44.8 Å². The summed E-state index contributed by atoms with van der Waals surface area (Å²) in [5.74, 6) is -5.11. The second-order valence-electron chi connectivity index (χ2n) is 12.7. The lowest BCUT2D eigenvalue weighted by Gasteiger charge is -2.28. The van der Waals surface area contributed by atoms with E-state index in [1.165, 1.54) is 20.8 Å². The number of fused-ring (bicyclic) bond motifs is 1. The van der Waals surface area contributed by atoms with Crippen LogP contribution in [0.1, 0.15) is 68.7 Å². The lowest BCUT2D eigenvalue weighted by molar-refractivity contribution is -0.157. The van der Waals surface area contributed by atoms with E-state index in [0.717, 1.165) is 0 Å². The maximum atomic E-state index is 14.4. The molecular formula is C31H42O11. The summed E-state index contributed by atoms with van der Waals surface area (Å²) in [6, 6.07) is 0. The number of ketones is 1. The molecule has 0 spiro atoms. The second-order valence-corrected chi connectivity index (χ2v) is 12.7. The summed E-state index contributed by atoms with van der Waals surface area (Å²) in [4.78, 5) is 63.8. The van der Waals surface area contributed by atoms with Gasteiger partial charge in [-0.15, -0.1) is 0 Å². The molecule has 1 heterocycles. The first-order valence-electron chi connectivity index (χ1n) is 14.4. The van der Waals surface area contributed by atoms with Crippen molar-refractivity contribution >= 4 is 29.7 Å². The fourth-order valence-electron chi connectivity index (χ4n) is 7.48. The first-order chi connectivity index (χ1) is 19.5. The number of epoxide rings is 1. The molecule has 1 saturated heterocycles. The maximum absolute atomic E-state index is 14.4. The van der Waals surface area contributed by atoms with E-state index in [4.69, 9.17) is 23.7 Å². The fraction of sp³-hybridized carbons (Fsp3) is 0.710. The molecule has 0 aromatic carbocycles. The van der Waals surface area contributed by atoms with Crippen LogP contribution in [0.2, 0.25) is 0 Å². The number of aliphatic hydroxyl groups excluding tert-OH is 1. The third kappa shape index (κ3) is 4.98. The molecule has 11 atom stereocenters. The minimum Gasteiger partial charge on any atom is -0.465 e. The lowest BCUT2D eigenvalue weighted by atomic mass is 9.80. The highest BCUT2D eigenvalue weighted by molar-refractivity contribution is 5.96. The van der Waals surface area contributed by atoms with Crippen LogP contribution in [0.3, 0.4) is 0 Å². The SMILES string of the molecule is CC=C(C)C(=O)OC1C(O)C(C)=CC23OC2(CC(C)C3OC(C)=O)C(=O)C(C)C(OC(C)=O)C2C1C2(C)COC(C)=O. The van der Waals surface area contributed by atoms with Gasteiger partial charge in [0.25, 0.3) is 0 Å². The Morgan fingerprint density at radius 3 is 2.14 bits per heavy atom. The molecule has 0 amide bonds.